The van der Waals surface area contributed by atoms with Crippen LogP contribution in [0.3, 0.4) is 0 Å². The molecule has 132 valence electrons. The summed E-state index contributed by atoms with van der Waals surface area (Å²) in [7, 11) is 0. The standard InChI is InChI=1S/C18H15ClF3NO2/c1-2-15-16(24)23(14-8-6-13(19)7-9-14)17(25-15)11-4-3-5-12(10-11)18(20,21)22/h3-10,15,17H,2H2,1H3. The molecule has 0 bridgehead atoms. The highest BCUT2D eigenvalue weighted by Crippen LogP contribution is 2.39. The average Bonchev–Trinajstić information content (AvgIpc) is 2.92. The van der Waals surface area contributed by atoms with Crippen molar-refractivity contribution in [3.8, 4) is 0 Å². The van der Waals surface area contributed by atoms with Crippen molar-refractivity contribution in [2.24, 2.45) is 0 Å². The summed E-state index contributed by atoms with van der Waals surface area (Å²) in [6.07, 6.45) is -5.65. The third-order valence-corrected chi connectivity index (χ3v) is 4.27. The van der Waals surface area contributed by atoms with E-state index in [0.717, 1.165) is 12.1 Å². The lowest BCUT2D eigenvalue weighted by Crippen LogP contribution is -2.30. The number of amides is 1. The SMILES string of the molecule is CCC1OC(c2cccc(C(F)(F)F)c2)N(c2ccc(Cl)cc2)C1=O. The molecular weight excluding hydrogens is 355 g/mol. The summed E-state index contributed by atoms with van der Waals surface area (Å²) < 4.78 is 44.8. The number of rotatable bonds is 3. The molecule has 1 fully saturated rings. The van der Waals surface area contributed by atoms with Crippen LogP contribution in [0.1, 0.15) is 30.7 Å². The summed E-state index contributed by atoms with van der Waals surface area (Å²) in [4.78, 5) is 14.0. The Labute approximate surface area is 148 Å². The normalized spacial score (nSPS) is 21.0. The van der Waals surface area contributed by atoms with E-state index in [1.165, 1.54) is 17.0 Å². The number of ether oxygens (including phenoxy) is 1. The molecule has 0 aliphatic carbocycles. The first kappa shape index (κ1) is 17.8. The van der Waals surface area contributed by atoms with Gasteiger partial charge in [-0.25, -0.2) is 0 Å². The molecular formula is C18H15ClF3NO2. The van der Waals surface area contributed by atoms with E-state index >= 15 is 0 Å². The van der Waals surface area contributed by atoms with E-state index in [1.807, 2.05) is 0 Å². The molecule has 1 aliphatic heterocycles. The average molecular weight is 370 g/mol. The van der Waals surface area contributed by atoms with E-state index < -0.39 is 24.1 Å². The zero-order chi connectivity index (χ0) is 18.2. The minimum atomic E-state index is -4.46. The Kier molecular flexibility index (Phi) is 4.75. The minimum absolute atomic E-state index is 0.272. The van der Waals surface area contributed by atoms with Crippen LogP contribution >= 0.6 is 11.6 Å². The van der Waals surface area contributed by atoms with Gasteiger partial charge >= 0.3 is 6.18 Å². The Morgan fingerprint density at radius 2 is 1.84 bits per heavy atom. The number of alkyl halides is 3. The van der Waals surface area contributed by atoms with Crippen LogP contribution in [0.4, 0.5) is 18.9 Å². The van der Waals surface area contributed by atoms with Gasteiger partial charge in [-0.1, -0.05) is 30.7 Å². The van der Waals surface area contributed by atoms with E-state index in [9.17, 15) is 18.0 Å². The third kappa shape index (κ3) is 3.50. The molecule has 3 nitrogen and oxygen atoms in total. The Morgan fingerprint density at radius 1 is 1.16 bits per heavy atom. The summed E-state index contributed by atoms with van der Waals surface area (Å²) in [6, 6.07) is 11.4. The summed E-state index contributed by atoms with van der Waals surface area (Å²) in [5.41, 5.74) is 0.0129. The lowest BCUT2D eigenvalue weighted by molar-refractivity contribution is -0.137. The number of nitrogens with zero attached hydrogens (tertiary/aromatic N) is 1. The predicted octanol–water partition coefficient (Wildman–Crippen LogP) is 5.20. The number of carbonyl (C=O) groups is 1. The lowest BCUT2D eigenvalue weighted by atomic mass is 10.1. The monoisotopic (exact) mass is 369 g/mol. The van der Waals surface area contributed by atoms with Crippen LogP contribution in [-0.4, -0.2) is 12.0 Å². The van der Waals surface area contributed by atoms with Crippen molar-refractivity contribution in [3.05, 3.63) is 64.7 Å². The summed E-state index contributed by atoms with van der Waals surface area (Å²) in [5.74, 6) is -0.285. The van der Waals surface area contributed by atoms with Gasteiger partial charge < -0.3 is 4.74 Å². The zero-order valence-electron chi connectivity index (χ0n) is 13.3. The molecule has 2 atom stereocenters. The van der Waals surface area contributed by atoms with Gasteiger partial charge in [0.1, 0.15) is 6.10 Å². The largest absolute Gasteiger partial charge is 0.416 e. The van der Waals surface area contributed by atoms with Crippen LogP contribution in [0.15, 0.2) is 48.5 Å². The molecule has 0 aromatic heterocycles. The second kappa shape index (κ2) is 6.69. The molecule has 0 N–H and O–H groups in total. The molecule has 2 aromatic carbocycles. The molecule has 7 heteroatoms. The van der Waals surface area contributed by atoms with Crippen molar-refractivity contribution in [1.29, 1.82) is 0 Å². The van der Waals surface area contributed by atoms with Crippen LogP contribution < -0.4 is 4.90 Å². The van der Waals surface area contributed by atoms with Gasteiger partial charge in [0, 0.05) is 16.3 Å². The highest BCUT2D eigenvalue weighted by molar-refractivity contribution is 6.30. The maximum Gasteiger partial charge on any atom is 0.416 e. The van der Waals surface area contributed by atoms with E-state index in [-0.39, 0.29) is 11.5 Å². The van der Waals surface area contributed by atoms with Crippen LogP contribution in [0.2, 0.25) is 5.02 Å². The fraction of sp³-hybridized carbons (Fsp3) is 0.278. The van der Waals surface area contributed by atoms with Gasteiger partial charge in [-0.05, 0) is 42.8 Å². The van der Waals surface area contributed by atoms with Crippen molar-refractivity contribution >= 4 is 23.2 Å². The first-order chi connectivity index (χ1) is 11.8. The van der Waals surface area contributed by atoms with Gasteiger partial charge in [0.15, 0.2) is 6.23 Å². The maximum absolute atomic E-state index is 13.0. The van der Waals surface area contributed by atoms with E-state index in [1.54, 1.807) is 31.2 Å². The number of hydrogen-bond donors (Lipinski definition) is 0. The molecule has 2 aromatic rings. The molecule has 1 heterocycles. The molecule has 1 aliphatic rings. The smallest absolute Gasteiger partial charge is 0.341 e. The van der Waals surface area contributed by atoms with Crippen LogP contribution in [-0.2, 0) is 15.7 Å². The molecule has 2 unspecified atom stereocenters. The maximum atomic E-state index is 13.0. The van der Waals surface area contributed by atoms with E-state index in [2.05, 4.69) is 0 Å². The minimum Gasteiger partial charge on any atom is -0.341 e. The van der Waals surface area contributed by atoms with Crippen LogP contribution in [0.5, 0.6) is 0 Å². The van der Waals surface area contributed by atoms with E-state index in [0.29, 0.717) is 17.1 Å². The fourth-order valence-electron chi connectivity index (χ4n) is 2.78. The first-order valence-electron chi connectivity index (χ1n) is 7.72. The molecule has 1 saturated heterocycles. The number of benzene rings is 2. The fourth-order valence-corrected chi connectivity index (χ4v) is 2.90. The first-order valence-corrected chi connectivity index (χ1v) is 8.10. The number of anilines is 1. The van der Waals surface area contributed by atoms with Gasteiger partial charge in [-0.2, -0.15) is 13.2 Å². The number of hydrogen-bond acceptors (Lipinski definition) is 2. The second-order valence-corrected chi connectivity index (χ2v) is 6.13. The van der Waals surface area contributed by atoms with Crippen molar-refractivity contribution in [2.75, 3.05) is 4.90 Å². The topological polar surface area (TPSA) is 29.5 Å². The Bertz CT molecular complexity index is 777. The van der Waals surface area contributed by atoms with Gasteiger partial charge in [0.2, 0.25) is 0 Å². The van der Waals surface area contributed by atoms with Gasteiger partial charge in [-0.15, -0.1) is 0 Å². The van der Waals surface area contributed by atoms with Crippen molar-refractivity contribution in [2.45, 2.75) is 31.9 Å². The van der Waals surface area contributed by atoms with Crippen molar-refractivity contribution < 1.29 is 22.7 Å². The van der Waals surface area contributed by atoms with Crippen LogP contribution in [0, 0.1) is 0 Å². The van der Waals surface area contributed by atoms with Gasteiger partial charge in [-0.3, -0.25) is 9.69 Å². The van der Waals surface area contributed by atoms with Crippen molar-refractivity contribution in [1.82, 2.24) is 0 Å². The zero-order valence-corrected chi connectivity index (χ0v) is 14.0. The lowest BCUT2D eigenvalue weighted by Gasteiger charge is -2.24. The van der Waals surface area contributed by atoms with Crippen molar-refractivity contribution in [3.63, 3.8) is 0 Å². The van der Waals surface area contributed by atoms with Gasteiger partial charge in [0.05, 0.1) is 5.56 Å². The van der Waals surface area contributed by atoms with Crippen LogP contribution in [0.25, 0.3) is 0 Å². The number of carbonyl (C=O) groups excluding carboxylic acids is 1. The molecule has 0 spiro atoms. The number of halogens is 4. The summed E-state index contributed by atoms with van der Waals surface area (Å²) in [5, 5.41) is 0.499. The summed E-state index contributed by atoms with van der Waals surface area (Å²) in [6.45, 7) is 1.79. The summed E-state index contributed by atoms with van der Waals surface area (Å²) >= 11 is 5.88. The predicted molar refractivity (Wildman–Crippen MR) is 88.3 cm³/mol. The highest BCUT2D eigenvalue weighted by atomic mass is 35.5. The molecule has 1 amide bonds. The van der Waals surface area contributed by atoms with Gasteiger partial charge in [0.25, 0.3) is 5.91 Å². The molecule has 3 rings (SSSR count). The molecule has 0 saturated carbocycles. The molecule has 25 heavy (non-hydrogen) atoms. The third-order valence-electron chi connectivity index (χ3n) is 4.02. The quantitative estimate of drug-likeness (QED) is 0.744. The molecule has 0 radical (unpaired) electrons. The second-order valence-electron chi connectivity index (χ2n) is 5.69. The Balaban J connectivity index is 2.03. The Morgan fingerprint density at radius 3 is 2.44 bits per heavy atom. The highest BCUT2D eigenvalue weighted by Gasteiger charge is 2.42. The Hall–Kier alpha value is -2.05. The van der Waals surface area contributed by atoms with E-state index in [4.69, 9.17) is 16.3 Å².